The van der Waals surface area contributed by atoms with Crippen molar-refractivity contribution < 1.29 is 4.39 Å². The van der Waals surface area contributed by atoms with E-state index in [9.17, 15) is 4.39 Å². The number of hydrazine groups is 1. The highest BCUT2D eigenvalue weighted by Crippen LogP contribution is 2.28. The minimum atomic E-state index is -0.357. The minimum absolute atomic E-state index is 0.349. The van der Waals surface area contributed by atoms with Crippen LogP contribution < -0.4 is 17.0 Å². The maximum Gasteiger partial charge on any atom is 0.123 e. The Hall–Kier alpha value is -1.63. The third-order valence-electron chi connectivity index (χ3n) is 3.53. The van der Waals surface area contributed by atoms with Gasteiger partial charge in [0.2, 0.25) is 0 Å². The summed E-state index contributed by atoms with van der Waals surface area (Å²) in [6.07, 6.45) is 1.21. The summed E-state index contributed by atoms with van der Waals surface area (Å²) in [6.45, 7) is 1.99. The first kappa shape index (κ1) is 15.8. The second-order valence-corrected chi connectivity index (χ2v) is 5.26. The van der Waals surface area contributed by atoms with E-state index >= 15 is 0 Å². The van der Waals surface area contributed by atoms with Gasteiger partial charge in [-0.3, -0.25) is 16.0 Å². The largest absolute Gasteiger partial charge is 0.398 e. The van der Waals surface area contributed by atoms with Gasteiger partial charge in [0.1, 0.15) is 5.82 Å². The number of anilines is 1. The number of nitrogens with zero attached hydrogens (tertiary/aromatic N) is 2. The molecule has 114 valence electrons. The Morgan fingerprint density at radius 1 is 1.48 bits per heavy atom. The molecule has 0 fully saturated rings. The molecule has 0 radical (unpaired) electrons. The van der Waals surface area contributed by atoms with E-state index in [-0.39, 0.29) is 11.9 Å². The maximum absolute atomic E-state index is 13.4. The Bertz CT molecular complexity index is 641. The molecule has 0 bridgehead atoms. The molecular weight excluding hydrogens is 293 g/mol. The van der Waals surface area contributed by atoms with Gasteiger partial charge in [0, 0.05) is 19.2 Å². The molecule has 0 aliphatic carbocycles. The number of nitrogens with one attached hydrogen (secondary N) is 1. The molecule has 0 spiro atoms. The van der Waals surface area contributed by atoms with Gasteiger partial charge >= 0.3 is 0 Å². The number of benzene rings is 1. The van der Waals surface area contributed by atoms with Crippen LogP contribution in [0.5, 0.6) is 0 Å². The topological polar surface area (TPSA) is 81.9 Å². The second kappa shape index (κ2) is 6.43. The average molecular weight is 312 g/mol. The predicted molar refractivity (Wildman–Crippen MR) is 82.2 cm³/mol. The van der Waals surface area contributed by atoms with Crippen LogP contribution in [0.1, 0.15) is 29.9 Å². The van der Waals surface area contributed by atoms with Gasteiger partial charge in [-0.25, -0.2) is 4.39 Å². The summed E-state index contributed by atoms with van der Waals surface area (Å²) in [5.74, 6) is 5.25. The molecule has 7 heteroatoms. The average Bonchev–Trinajstić information content (AvgIpc) is 2.74. The lowest BCUT2D eigenvalue weighted by Gasteiger charge is -2.18. The van der Waals surface area contributed by atoms with Crippen molar-refractivity contribution >= 4 is 17.3 Å². The first-order valence-corrected chi connectivity index (χ1v) is 7.07. The Balaban J connectivity index is 2.36. The van der Waals surface area contributed by atoms with Crippen molar-refractivity contribution in [1.29, 1.82) is 0 Å². The number of hydrogen-bond donors (Lipinski definition) is 3. The Morgan fingerprint density at radius 3 is 2.76 bits per heavy atom. The summed E-state index contributed by atoms with van der Waals surface area (Å²) in [5.41, 5.74) is 11.3. The lowest BCUT2D eigenvalue weighted by Crippen LogP contribution is -2.31. The summed E-state index contributed by atoms with van der Waals surface area (Å²) in [7, 11) is 1.82. The summed E-state index contributed by atoms with van der Waals surface area (Å²) in [4.78, 5) is 0. The normalized spacial score (nSPS) is 12.6. The fraction of sp³-hybridized carbons (Fsp3) is 0.357. The van der Waals surface area contributed by atoms with Gasteiger partial charge in [-0.15, -0.1) is 0 Å². The van der Waals surface area contributed by atoms with Crippen LogP contribution in [-0.2, 0) is 19.9 Å². The van der Waals surface area contributed by atoms with Gasteiger partial charge in [0.05, 0.1) is 22.5 Å². The van der Waals surface area contributed by atoms with Crippen molar-refractivity contribution in [2.75, 3.05) is 5.73 Å². The fourth-order valence-corrected chi connectivity index (χ4v) is 2.71. The number of rotatable bonds is 5. The molecule has 2 rings (SSSR count). The van der Waals surface area contributed by atoms with Gasteiger partial charge in [-0.05, 0) is 30.2 Å². The van der Waals surface area contributed by atoms with Crippen LogP contribution >= 0.6 is 11.6 Å². The highest BCUT2D eigenvalue weighted by Gasteiger charge is 2.20. The van der Waals surface area contributed by atoms with E-state index in [0.29, 0.717) is 22.7 Å². The highest BCUT2D eigenvalue weighted by molar-refractivity contribution is 6.31. The van der Waals surface area contributed by atoms with Gasteiger partial charge in [0.25, 0.3) is 0 Å². The van der Waals surface area contributed by atoms with Crippen LogP contribution in [0.3, 0.4) is 0 Å². The predicted octanol–water partition coefficient (Wildman–Crippen LogP) is 2.10. The summed E-state index contributed by atoms with van der Waals surface area (Å²) in [6, 6.07) is 3.87. The van der Waals surface area contributed by atoms with Crippen LogP contribution in [0.25, 0.3) is 0 Å². The van der Waals surface area contributed by atoms with Crippen molar-refractivity contribution in [2.45, 2.75) is 25.8 Å². The number of aryl methyl sites for hydroxylation is 2. The zero-order valence-corrected chi connectivity index (χ0v) is 12.8. The fourth-order valence-electron chi connectivity index (χ4n) is 2.34. The first-order chi connectivity index (χ1) is 9.97. The molecule has 0 saturated heterocycles. The zero-order chi connectivity index (χ0) is 15.6. The number of hydrogen-bond acceptors (Lipinski definition) is 4. The standard InChI is InChI=1S/C14H19ClFN5/c1-3-11-14(15)13(21(2)20-11)7-12(19-18)9-6-8(16)4-5-10(9)17/h4-6,12,19H,3,7,17-18H2,1-2H3. The molecule has 0 saturated carbocycles. The molecule has 0 amide bonds. The Morgan fingerprint density at radius 2 is 2.19 bits per heavy atom. The number of nitrogen functional groups attached to an aromatic ring is 1. The van der Waals surface area contributed by atoms with E-state index in [1.807, 2.05) is 14.0 Å². The molecule has 1 atom stereocenters. The van der Waals surface area contributed by atoms with Gasteiger partial charge < -0.3 is 5.73 Å². The lowest BCUT2D eigenvalue weighted by molar-refractivity contribution is 0.526. The van der Waals surface area contributed by atoms with Crippen LogP contribution in [0.15, 0.2) is 18.2 Å². The summed E-state index contributed by atoms with van der Waals surface area (Å²) >= 11 is 6.33. The smallest absolute Gasteiger partial charge is 0.123 e. The SMILES string of the molecule is CCc1nn(C)c(CC(NN)c2cc(F)ccc2N)c1Cl. The number of aromatic nitrogens is 2. The molecule has 21 heavy (non-hydrogen) atoms. The van der Waals surface area contributed by atoms with Crippen molar-refractivity contribution in [1.82, 2.24) is 15.2 Å². The van der Waals surface area contributed by atoms with E-state index in [4.69, 9.17) is 23.2 Å². The molecule has 5 N–H and O–H groups in total. The molecule has 0 aliphatic rings. The van der Waals surface area contributed by atoms with Gasteiger partial charge in [0.15, 0.2) is 0 Å². The number of halogens is 2. The first-order valence-electron chi connectivity index (χ1n) is 6.69. The van der Waals surface area contributed by atoms with E-state index in [2.05, 4.69) is 10.5 Å². The third-order valence-corrected chi connectivity index (χ3v) is 3.96. The molecule has 1 aromatic carbocycles. The molecule has 1 aromatic heterocycles. The minimum Gasteiger partial charge on any atom is -0.398 e. The Kier molecular flexibility index (Phi) is 4.82. The Labute approximate surface area is 128 Å². The van der Waals surface area contributed by atoms with Crippen molar-refractivity contribution in [2.24, 2.45) is 12.9 Å². The second-order valence-electron chi connectivity index (χ2n) is 4.88. The molecule has 1 heterocycles. The van der Waals surface area contributed by atoms with Crippen LogP contribution in [0.4, 0.5) is 10.1 Å². The van der Waals surface area contributed by atoms with Crippen molar-refractivity contribution in [3.05, 3.63) is 46.0 Å². The summed E-state index contributed by atoms with van der Waals surface area (Å²) < 4.78 is 15.2. The van der Waals surface area contributed by atoms with Crippen molar-refractivity contribution in [3.8, 4) is 0 Å². The summed E-state index contributed by atoms with van der Waals surface area (Å²) in [5, 5.41) is 4.98. The van der Waals surface area contributed by atoms with E-state index in [0.717, 1.165) is 17.8 Å². The van der Waals surface area contributed by atoms with E-state index in [1.54, 1.807) is 4.68 Å². The number of nitrogens with two attached hydrogens (primary N) is 2. The monoisotopic (exact) mass is 311 g/mol. The van der Waals surface area contributed by atoms with Crippen LogP contribution in [0, 0.1) is 5.82 Å². The van der Waals surface area contributed by atoms with Crippen LogP contribution in [0.2, 0.25) is 5.02 Å². The maximum atomic E-state index is 13.4. The quantitative estimate of drug-likeness (QED) is 0.449. The van der Waals surface area contributed by atoms with Crippen LogP contribution in [-0.4, -0.2) is 9.78 Å². The third kappa shape index (κ3) is 3.18. The van der Waals surface area contributed by atoms with Gasteiger partial charge in [-0.2, -0.15) is 5.10 Å². The van der Waals surface area contributed by atoms with E-state index in [1.165, 1.54) is 18.2 Å². The highest BCUT2D eigenvalue weighted by atomic mass is 35.5. The lowest BCUT2D eigenvalue weighted by atomic mass is 10.00. The molecular formula is C14H19ClFN5. The molecule has 5 nitrogen and oxygen atoms in total. The molecule has 2 aromatic rings. The zero-order valence-electron chi connectivity index (χ0n) is 12.0. The molecule has 1 unspecified atom stereocenters. The van der Waals surface area contributed by atoms with Crippen molar-refractivity contribution in [3.63, 3.8) is 0 Å². The van der Waals surface area contributed by atoms with E-state index < -0.39 is 0 Å². The molecule has 0 aliphatic heterocycles. The van der Waals surface area contributed by atoms with Gasteiger partial charge in [-0.1, -0.05) is 18.5 Å².